The zero-order valence-corrected chi connectivity index (χ0v) is 14.6. The molecule has 128 valence electrons. The summed E-state index contributed by atoms with van der Waals surface area (Å²) in [7, 11) is 0. The van der Waals surface area contributed by atoms with E-state index in [2.05, 4.69) is 13.8 Å². The van der Waals surface area contributed by atoms with E-state index in [9.17, 15) is 4.79 Å². The maximum Gasteiger partial charge on any atom is 0.257 e. The van der Waals surface area contributed by atoms with Crippen LogP contribution in [0.1, 0.15) is 56.8 Å². The highest BCUT2D eigenvalue weighted by Gasteiger charge is 2.29. The van der Waals surface area contributed by atoms with Crippen molar-refractivity contribution in [2.75, 3.05) is 13.2 Å². The second-order valence-corrected chi connectivity index (χ2v) is 6.87. The van der Waals surface area contributed by atoms with Gasteiger partial charge >= 0.3 is 0 Å². The van der Waals surface area contributed by atoms with Crippen molar-refractivity contribution in [3.8, 4) is 5.75 Å². The van der Waals surface area contributed by atoms with Crippen molar-refractivity contribution in [2.24, 2.45) is 11.7 Å². The van der Waals surface area contributed by atoms with E-state index in [-0.39, 0.29) is 18.0 Å². The summed E-state index contributed by atoms with van der Waals surface area (Å²) in [6, 6.07) is 8.02. The molecule has 1 aromatic carbocycles. The van der Waals surface area contributed by atoms with Gasteiger partial charge in [0.1, 0.15) is 5.75 Å². The van der Waals surface area contributed by atoms with E-state index in [4.69, 9.17) is 10.5 Å². The first-order valence-corrected chi connectivity index (χ1v) is 8.81. The molecule has 2 atom stereocenters. The second-order valence-electron chi connectivity index (χ2n) is 6.87. The summed E-state index contributed by atoms with van der Waals surface area (Å²) < 4.78 is 5.85. The van der Waals surface area contributed by atoms with Crippen molar-refractivity contribution < 1.29 is 9.53 Å². The average Bonchev–Trinajstić information content (AvgIpc) is 2.54. The fourth-order valence-electron chi connectivity index (χ4n) is 3.23. The molecule has 0 radical (unpaired) electrons. The molecule has 1 amide bonds. The van der Waals surface area contributed by atoms with Gasteiger partial charge in [-0.2, -0.15) is 0 Å². The minimum atomic E-state index is 0.0611. The number of benzene rings is 1. The van der Waals surface area contributed by atoms with Crippen molar-refractivity contribution in [1.82, 2.24) is 4.90 Å². The Morgan fingerprint density at radius 1 is 1.35 bits per heavy atom. The molecule has 2 N–H and O–H groups in total. The van der Waals surface area contributed by atoms with Gasteiger partial charge in [0.05, 0.1) is 12.2 Å². The number of nitrogens with zero attached hydrogens (tertiary/aromatic N) is 1. The third-order valence-corrected chi connectivity index (χ3v) is 4.42. The van der Waals surface area contributed by atoms with Crippen molar-refractivity contribution in [1.29, 1.82) is 0 Å². The lowest BCUT2D eigenvalue weighted by atomic mass is 9.90. The molecule has 0 saturated heterocycles. The third-order valence-electron chi connectivity index (χ3n) is 4.42. The lowest BCUT2D eigenvalue weighted by Crippen LogP contribution is -2.45. The maximum atomic E-state index is 13.1. The van der Waals surface area contributed by atoms with Crippen molar-refractivity contribution >= 4 is 5.91 Å². The molecule has 4 heteroatoms. The fraction of sp³-hybridized carbons (Fsp3) is 0.632. The van der Waals surface area contributed by atoms with Gasteiger partial charge < -0.3 is 15.4 Å². The predicted molar refractivity (Wildman–Crippen MR) is 93.7 cm³/mol. The Hall–Kier alpha value is -1.55. The molecule has 4 nitrogen and oxygen atoms in total. The number of hydrogen-bond donors (Lipinski definition) is 1. The van der Waals surface area contributed by atoms with E-state index in [1.807, 2.05) is 36.1 Å². The summed E-state index contributed by atoms with van der Waals surface area (Å²) in [6.45, 7) is 7.56. The summed E-state index contributed by atoms with van der Waals surface area (Å²) in [4.78, 5) is 15.0. The largest absolute Gasteiger partial charge is 0.492 e. The Morgan fingerprint density at radius 2 is 2.09 bits per heavy atom. The molecule has 2 rings (SSSR count). The van der Waals surface area contributed by atoms with Gasteiger partial charge in [-0.05, 0) is 50.7 Å². The predicted octanol–water partition coefficient (Wildman–Crippen LogP) is 3.45. The smallest absolute Gasteiger partial charge is 0.257 e. The Bertz CT molecular complexity index is 516. The van der Waals surface area contributed by atoms with Crippen LogP contribution in [-0.4, -0.2) is 36.0 Å². The zero-order valence-electron chi connectivity index (χ0n) is 14.6. The van der Waals surface area contributed by atoms with Crippen LogP contribution in [0.3, 0.4) is 0 Å². The van der Waals surface area contributed by atoms with Crippen LogP contribution >= 0.6 is 0 Å². The van der Waals surface area contributed by atoms with Crippen LogP contribution in [0, 0.1) is 5.92 Å². The highest BCUT2D eigenvalue weighted by molar-refractivity contribution is 5.97. The van der Waals surface area contributed by atoms with Crippen LogP contribution in [0.2, 0.25) is 0 Å². The van der Waals surface area contributed by atoms with Gasteiger partial charge in [-0.15, -0.1) is 0 Å². The summed E-state index contributed by atoms with van der Waals surface area (Å²) in [5.41, 5.74) is 6.77. The van der Waals surface area contributed by atoms with Crippen LogP contribution in [0.5, 0.6) is 5.75 Å². The first kappa shape index (κ1) is 17.8. The first-order valence-electron chi connectivity index (χ1n) is 8.81. The highest BCUT2D eigenvalue weighted by Crippen LogP contribution is 2.26. The molecule has 0 aromatic heterocycles. The Morgan fingerprint density at radius 3 is 2.74 bits per heavy atom. The standard InChI is InChI=1S/C19H30N2O2/c1-4-21(16-9-7-8-15(20)12-16)19(22)17-10-5-6-11-18(17)23-13-14(2)3/h5-6,10-11,14-16H,4,7-9,12-13,20H2,1-3H3/t15-,16+/m0/s1. The maximum absolute atomic E-state index is 13.1. The van der Waals surface area contributed by atoms with Crippen LogP contribution in [0.25, 0.3) is 0 Å². The Labute approximate surface area is 140 Å². The molecular weight excluding hydrogens is 288 g/mol. The molecule has 1 aromatic rings. The lowest BCUT2D eigenvalue weighted by molar-refractivity contribution is 0.0633. The number of carbonyl (C=O) groups excluding carboxylic acids is 1. The number of amides is 1. The van der Waals surface area contributed by atoms with E-state index in [0.29, 0.717) is 30.4 Å². The van der Waals surface area contributed by atoms with Gasteiger partial charge in [-0.25, -0.2) is 0 Å². The monoisotopic (exact) mass is 318 g/mol. The number of para-hydroxylation sites is 1. The number of carbonyl (C=O) groups is 1. The molecule has 0 unspecified atom stereocenters. The topological polar surface area (TPSA) is 55.6 Å². The molecule has 1 saturated carbocycles. The molecule has 1 aliphatic rings. The van der Waals surface area contributed by atoms with Crippen molar-refractivity contribution in [3.63, 3.8) is 0 Å². The lowest BCUT2D eigenvalue weighted by Gasteiger charge is -2.36. The summed E-state index contributed by atoms with van der Waals surface area (Å²) in [6.07, 6.45) is 4.11. The molecule has 1 aliphatic carbocycles. The molecule has 0 spiro atoms. The van der Waals surface area contributed by atoms with Gasteiger partial charge in [-0.1, -0.05) is 26.0 Å². The van der Waals surface area contributed by atoms with E-state index in [1.54, 1.807) is 0 Å². The van der Waals surface area contributed by atoms with Crippen molar-refractivity contribution in [3.05, 3.63) is 29.8 Å². The van der Waals surface area contributed by atoms with E-state index >= 15 is 0 Å². The van der Waals surface area contributed by atoms with Crippen LogP contribution in [0.4, 0.5) is 0 Å². The van der Waals surface area contributed by atoms with Crippen LogP contribution < -0.4 is 10.5 Å². The van der Waals surface area contributed by atoms with Gasteiger partial charge in [0, 0.05) is 18.6 Å². The molecule has 0 bridgehead atoms. The summed E-state index contributed by atoms with van der Waals surface area (Å²) in [5.74, 6) is 1.17. The SMILES string of the molecule is CCN(C(=O)c1ccccc1OCC(C)C)[C@@H]1CCC[C@H](N)C1. The number of ether oxygens (including phenoxy) is 1. The molecule has 1 fully saturated rings. The minimum Gasteiger partial charge on any atom is -0.492 e. The van der Waals surface area contributed by atoms with Gasteiger partial charge in [-0.3, -0.25) is 4.79 Å². The highest BCUT2D eigenvalue weighted by atomic mass is 16.5. The van der Waals surface area contributed by atoms with E-state index in [0.717, 1.165) is 25.7 Å². The molecular formula is C19H30N2O2. The molecule has 0 heterocycles. The van der Waals surface area contributed by atoms with Gasteiger partial charge in [0.15, 0.2) is 0 Å². The number of hydrogen-bond acceptors (Lipinski definition) is 3. The fourth-order valence-corrected chi connectivity index (χ4v) is 3.23. The van der Waals surface area contributed by atoms with Crippen molar-refractivity contribution in [2.45, 2.75) is 58.5 Å². The van der Waals surface area contributed by atoms with E-state index < -0.39 is 0 Å². The summed E-state index contributed by atoms with van der Waals surface area (Å²) in [5, 5.41) is 0. The normalized spacial score (nSPS) is 21.3. The first-order chi connectivity index (χ1) is 11.0. The summed E-state index contributed by atoms with van der Waals surface area (Å²) >= 11 is 0. The van der Waals surface area contributed by atoms with Gasteiger partial charge in [0.25, 0.3) is 5.91 Å². The third kappa shape index (κ3) is 4.71. The minimum absolute atomic E-state index is 0.0611. The Balaban J connectivity index is 2.17. The van der Waals surface area contributed by atoms with Gasteiger partial charge in [0.2, 0.25) is 0 Å². The number of rotatable bonds is 6. The average molecular weight is 318 g/mol. The zero-order chi connectivity index (χ0) is 16.8. The number of nitrogens with two attached hydrogens (primary N) is 1. The van der Waals surface area contributed by atoms with Crippen LogP contribution in [0.15, 0.2) is 24.3 Å². The molecule has 0 aliphatic heterocycles. The van der Waals surface area contributed by atoms with Crippen LogP contribution in [-0.2, 0) is 0 Å². The quantitative estimate of drug-likeness (QED) is 0.874. The molecule has 23 heavy (non-hydrogen) atoms. The second kappa shape index (κ2) is 8.34. The van der Waals surface area contributed by atoms with E-state index in [1.165, 1.54) is 0 Å². The Kier molecular flexibility index (Phi) is 6.46.